The van der Waals surface area contributed by atoms with Gasteiger partial charge in [-0.1, -0.05) is 33.0 Å². The van der Waals surface area contributed by atoms with Crippen molar-refractivity contribution in [3.05, 3.63) is 29.3 Å². The molecule has 0 aliphatic rings. The lowest BCUT2D eigenvalue weighted by Crippen LogP contribution is -2.28. The van der Waals surface area contributed by atoms with Gasteiger partial charge in [0.2, 0.25) is 5.91 Å². The van der Waals surface area contributed by atoms with Gasteiger partial charge in [0.1, 0.15) is 4.99 Å². The van der Waals surface area contributed by atoms with Gasteiger partial charge in [0.25, 0.3) is 0 Å². The van der Waals surface area contributed by atoms with Crippen LogP contribution in [0.4, 0.5) is 18.9 Å². The van der Waals surface area contributed by atoms with Gasteiger partial charge in [-0.3, -0.25) is 4.79 Å². The predicted molar refractivity (Wildman–Crippen MR) is 75.4 cm³/mol. The Morgan fingerprint density at radius 2 is 1.80 bits per heavy atom. The minimum Gasteiger partial charge on any atom is -0.389 e. The number of benzene rings is 1. The normalized spacial score (nSPS) is 12.1. The second-order valence-electron chi connectivity index (χ2n) is 5.33. The van der Waals surface area contributed by atoms with Gasteiger partial charge < -0.3 is 11.1 Å². The average Bonchev–Trinajstić information content (AvgIpc) is 2.26. The van der Waals surface area contributed by atoms with E-state index in [2.05, 4.69) is 17.5 Å². The first-order valence-electron chi connectivity index (χ1n) is 5.75. The van der Waals surface area contributed by atoms with E-state index >= 15 is 0 Å². The van der Waals surface area contributed by atoms with Crippen LogP contribution < -0.4 is 11.1 Å². The van der Waals surface area contributed by atoms with Crippen LogP contribution in [-0.2, 0) is 11.0 Å². The number of anilines is 1. The molecule has 0 spiro atoms. The summed E-state index contributed by atoms with van der Waals surface area (Å²) in [5.74, 6) is -0.381. The van der Waals surface area contributed by atoms with Crippen molar-refractivity contribution in [3.8, 4) is 0 Å². The Bertz CT molecular complexity index is 548. The number of hydrogen-bond donors (Lipinski definition) is 2. The molecule has 0 aliphatic carbocycles. The summed E-state index contributed by atoms with van der Waals surface area (Å²) in [6, 6.07) is 3.33. The molecule has 0 unspecified atom stereocenters. The van der Waals surface area contributed by atoms with Crippen molar-refractivity contribution < 1.29 is 18.0 Å². The van der Waals surface area contributed by atoms with E-state index in [4.69, 9.17) is 5.73 Å². The van der Waals surface area contributed by atoms with Crippen LogP contribution in [0.15, 0.2) is 18.2 Å². The topological polar surface area (TPSA) is 55.1 Å². The summed E-state index contributed by atoms with van der Waals surface area (Å²) in [5.41, 5.74) is 3.40. The van der Waals surface area contributed by atoms with Crippen molar-refractivity contribution in [2.24, 2.45) is 11.1 Å². The van der Waals surface area contributed by atoms with Crippen LogP contribution in [0.3, 0.4) is 0 Å². The minimum atomic E-state index is -4.60. The number of thiocarbonyl (C=S) groups is 1. The van der Waals surface area contributed by atoms with Gasteiger partial charge in [-0.2, -0.15) is 13.2 Å². The maximum Gasteiger partial charge on any atom is 0.417 e. The van der Waals surface area contributed by atoms with E-state index in [1.165, 1.54) is 6.07 Å². The standard InChI is InChI=1S/C13H15F3N2OS/c1-12(2,3)11(19)18-7-4-5-8(10(17)20)9(6-7)13(14,15)16/h4-6H,1-3H3,(H2,17,20)(H,18,19). The molecular formula is C13H15F3N2OS. The number of hydrogen-bond acceptors (Lipinski definition) is 2. The molecule has 110 valence electrons. The molecule has 0 aliphatic heterocycles. The van der Waals surface area contributed by atoms with Gasteiger partial charge >= 0.3 is 6.18 Å². The van der Waals surface area contributed by atoms with Crippen molar-refractivity contribution in [1.29, 1.82) is 0 Å². The second-order valence-corrected chi connectivity index (χ2v) is 5.77. The molecular weight excluding hydrogens is 289 g/mol. The molecule has 20 heavy (non-hydrogen) atoms. The molecule has 0 atom stereocenters. The Labute approximate surface area is 120 Å². The third kappa shape index (κ3) is 3.93. The Balaban J connectivity index is 3.21. The molecule has 0 saturated heterocycles. The lowest BCUT2D eigenvalue weighted by atomic mass is 9.95. The molecule has 3 N–H and O–H groups in total. The summed E-state index contributed by atoms with van der Waals surface area (Å²) in [6.07, 6.45) is -4.60. The van der Waals surface area contributed by atoms with E-state index in [0.717, 1.165) is 12.1 Å². The van der Waals surface area contributed by atoms with Crippen molar-refractivity contribution >= 4 is 28.8 Å². The minimum absolute atomic E-state index is 0.0530. The first-order valence-corrected chi connectivity index (χ1v) is 6.16. The fraction of sp³-hybridized carbons (Fsp3) is 0.385. The van der Waals surface area contributed by atoms with E-state index in [9.17, 15) is 18.0 Å². The number of rotatable bonds is 2. The van der Waals surface area contributed by atoms with Gasteiger partial charge in [-0.05, 0) is 18.2 Å². The molecule has 1 amide bonds. The van der Waals surface area contributed by atoms with Gasteiger partial charge in [0, 0.05) is 16.7 Å². The van der Waals surface area contributed by atoms with Crippen LogP contribution in [0.2, 0.25) is 0 Å². The predicted octanol–water partition coefficient (Wildman–Crippen LogP) is 3.32. The largest absolute Gasteiger partial charge is 0.417 e. The molecule has 1 rings (SSSR count). The van der Waals surface area contributed by atoms with E-state index in [-0.39, 0.29) is 22.1 Å². The average molecular weight is 304 g/mol. The molecule has 1 aromatic carbocycles. The molecule has 1 aromatic rings. The van der Waals surface area contributed by atoms with Crippen LogP contribution in [0.25, 0.3) is 0 Å². The number of carbonyl (C=O) groups excluding carboxylic acids is 1. The SMILES string of the molecule is CC(C)(C)C(=O)Nc1ccc(C(N)=S)c(C(F)(F)F)c1. The van der Waals surface area contributed by atoms with Crippen molar-refractivity contribution in [3.63, 3.8) is 0 Å². The highest BCUT2D eigenvalue weighted by molar-refractivity contribution is 7.80. The third-order valence-corrected chi connectivity index (χ3v) is 2.75. The first-order chi connectivity index (χ1) is 8.93. The summed E-state index contributed by atoms with van der Waals surface area (Å²) >= 11 is 4.60. The third-order valence-electron chi connectivity index (χ3n) is 2.53. The Morgan fingerprint density at radius 1 is 1.25 bits per heavy atom. The Morgan fingerprint density at radius 3 is 2.20 bits per heavy atom. The maximum atomic E-state index is 12.9. The molecule has 0 heterocycles. The van der Waals surface area contributed by atoms with Crippen molar-refractivity contribution in [2.45, 2.75) is 26.9 Å². The zero-order valence-corrected chi connectivity index (χ0v) is 12.1. The molecule has 7 heteroatoms. The molecule has 0 aromatic heterocycles. The lowest BCUT2D eigenvalue weighted by Gasteiger charge is -2.19. The zero-order valence-electron chi connectivity index (χ0n) is 11.3. The highest BCUT2D eigenvalue weighted by atomic mass is 32.1. The van der Waals surface area contributed by atoms with Crippen molar-refractivity contribution in [1.82, 2.24) is 0 Å². The first kappa shape index (κ1) is 16.4. The number of alkyl halides is 3. The molecule has 0 saturated carbocycles. The monoisotopic (exact) mass is 304 g/mol. The van der Waals surface area contributed by atoms with Gasteiger partial charge in [-0.25, -0.2) is 0 Å². The van der Waals surface area contributed by atoms with E-state index < -0.39 is 17.2 Å². The van der Waals surface area contributed by atoms with Gasteiger partial charge in [-0.15, -0.1) is 0 Å². The summed E-state index contributed by atoms with van der Waals surface area (Å²) in [6.45, 7) is 4.99. The Hall–Kier alpha value is -1.63. The molecule has 0 bridgehead atoms. The van der Waals surface area contributed by atoms with E-state index in [1.807, 2.05) is 0 Å². The number of nitrogens with two attached hydrogens (primary N) is 1. The van der Waals surface area contributed by atoms with Gasteiger partial charge in [0.15, 0.2) is 0 Å². The smallest absolute Gasteiger partial charge is 0.389 e. The van der Waals surface area contributed by atoms with Crippen molar-refractivity contribution in [2.75, 3.05) is 5.32 Å². The molecule has 0 radical (unpaired) electrons. The summed E-state index contributed by atoms with van der Waals surface area (Å²) in [7, 11) is 0. The van der Waals surface area contributed by atoms with Crippen LogP contribution in [0.1, 0.15) is 31.9 Å². The summed E-state index contributed by atoms with van der Waals surface area (Å²) < 4.78 is 38.8. The quantitative estimate of drug-likeness (QED) is 0.824. The summed E-state index contributed by atoms with van der Waals surface area (Å²) in [5, 5.41) is 2.44. The highest BCUT2D eigenvalue weighted by Gasteiger charge is 2.34. The maximum absolute atomic E-state index is 12.9. The second kappa shape index (κ2) is 5.40. The van der Waals surface area contributed by atoms with E-state index in [0.29, 0.717) is 0 Å². The van der Waals surface area contributed by atoms with E-state index in [1.54, 1.807) is 20.8 Å². The fourth-order valence-corrected chi connectivity index (χ4v) is 1.57. The lowest BCUT2D eigenvalue weighted by molar-refractivity contribution is -0.137. The van der Waals surface area contributed by atoms with Crippen LogP contribution in [0, 0.1) is 5.41 Å². The fourth-order valence-electron chi connectivity index (χ4n) is 1.39. The number of carbonyl (C=O) groups is 1. The number of halogens is 3. The highest BCUT2D eigenvalue weighted by Crippen LogP contribution is 2.34. The molecule has 3 nitrogen and oxygen atoms in total. The van der Waals surface area contributed by atoms with Crippen LogP contribution in [-0.4, -0.2) is 10.9 Å². The van der Waals surface area contributed by atoms with Crippen LogP contribution >= 0.6 is 12.2 Å². The molecule has 0 fully saturated rings. The Kier molecular flexibility index (Phi) is 4.43. The zero-order chi connectivity index (χ0) is 15.7. The number of nitrogens with one attached hydrogen (secondary N) is 1. The summed E-state index contributed by atoms with van der Waals surface area (Å²) in [4.78, 5) is 11.4. The number of amides is 1. The van der Waals surface area contributed by atoms with Gasteiger partial charge in [0.05, 0.1) is 5.56 Å². The van der Waals surface area contributed by atoms with Crippen LogP contribution in [0.5, 0.6) is 0 Å².